The van der Waals surface area contributed by atoms with E-state index in [4.69, 9.17) is 14.2 Å². The summed E-state index contributed by atoms with van der Waals surface area (Å²) in [6, 6.07) is 19.6. The Balaban J connectivity index is 1.76. The number of benzene rings is 3. The van der Waals surface area contributed by atoms with Gasteiger partial charge in [0.2, 0.25) is 5.82 Å². The summed E-state index contributed by atoms with van der Waals surface area (Å²) in [5.74, 6) is -1.53. The zero-order chi connectivity index (χ0) is 31.1. The van der Waals surface area contributed by atoms with E-state index in [2.05, 4.69) is 15.3 Å². The maximum absolute atomic E-state index is 12.6. The quantitative estimate of drug-likeness (QED) is 0.124. The molecular formula is C29H24N6O8. The standard InChI is InChI=1S/C29H24N6O8/c1-29(2,3)43-27(36)19-10-7-11-21(14-19)42-28-32-25(31-17-18-8-5-4-6-9-18)24(35(39)40)26(33-28)41-22-13-12-20(16-30)23(15-22)34(37)38/h4-15H,17H2,1-3H3,(H,31,32,33). The maximum atomic E-state index is 12.6. The number of hydrogen-bond acceptors (Lipinski definition) is 12. The van der Waals surface area contributed by atoms with Crippen molar-refractivity contribution in [3.63, 3.8) is 0 Å². The third-order valence-electron chi connectivity index (χ3n) is 5.50. The van der Waals surface area contributed by atoms with Crippen molar-refractivity contribution >= 4 is 23.2 Å². The molecule has 43 heavy (non-hydrogen) atoms. The molecule has 0 spiro atoms. The lowest BCUT2D eigenvalue weighted by molar-refractivity contribution is -0.385. The summed E-state index contributed by atoms with van der Waals surface area (Å²) >= 11 is 0. The van der Waals surface area contributed by atoms with E-state index in [9.17, 15) is 30.3 Å². The molecule has 4 rings (SSSR count). The lowest BCUT2D eigenvalue weighted by Gasteiger charge is -2.19. The van der Waals surface area contributed by atoms with Crippen molar-refractivity contribution in [1.82, 2.24) is 9.97 Å². The fourth-order valence-corrected chi connectivity index (χ4v) is 3.66. The maximum Gasteiger partial charge on any atom is 0.373 e. The Morgan fingerprint density at radius 1 is 0.930 bits per heavy atom. The fraction of sp³-hybridized carbons (Fsp3) is 0.172. The Morgan fingerprint density at radius 2 is 1.65 bits per heavy atom. The Bertz CT molecular complexity index is 1730. The number of nitriles is 1. The van der Waals surface area contributed by atoms with Gasteiger partial charge < -0.3 is 19.5 Å². The van der Waals surface area contributed by atoms with Crippen LogP contribution in [0, 0.1) is 31.6 Å². The summed E-state index contributed by atoms with van der Waals surface area (Å²) in [6.07, 6.45) is 0. The molecule has 1 aromatic heterocycles. The van der Waals surface area contributed by atoms with E-state index in [1.165, 1.54) is 24.3 Å². The van der Waals surface area contributed by atoms with Gasteiger partial charge in [-0.2, -0.15) is 15.2 Å². The van der Waals surface area contributed by atoms with Crippen LogP contribution < -0.4 is 14.8 Å². The SMILES string of the molecule is CC(C)(C)OC(=O)c1cccc(Oc2nc(NCc3ccccc3)c([N+](=O)[O-])c(Oc3ccc(C#N)c([N+](=O)[O-])c3)n2)c1. The summed E-state index contributed by atoms with van der Waals surface area (Å²) in [4.78, 5) is 42.9. The van der Waals surface area contributed by atoms with Gasteiger partial charge in [-0.25, -0.2) is 4.79 Å². The number of rotatable bonds is 10. The summed E-state index contributed by atoms with van der Waals surface area (Å²) in [5.41, 5.74) is -1.23. The molecule has 14 nitrogen and oxygen atoms in total. The van der Waals surface area contributed by atoms with Crippen molar-refractivity contribution in [2.45, 2.75) is 32.9 Å². The van der Waals surface area contributed by atoms with Crippen molar-refractivity contribution in [2.24, 2.45) is 0 Å². The minimum Gasteiger partial charge on any atom is -0.456 e. The lowest BCUT2D eigenvalue weighted by atomic mass is 10.1. The molecule has 0 fully saturated rings. The van der Waals surface area contributed by atoms with Gasteiger partial charge in [-0.3, -0.25) is 20.2 Å². The van der Waals surface area contributed by atoms with Crippen LogP contribution in [0.1, 0.15) is 42.3 Å². The Morgan fingerprint density at radius 3 is 2.30 bits per heavy atom. The third kappa shape index (κ3) is 7.76. The van der Waals surface area contributed by atoms with Crippen LogP contribution >= 0.6 is 0 Å². The minimum atomic E-state index is -0.779. The number of nitrogens with zero attached hydrogens (tertiary/aromatic N) is 5. The van der Waals surface area contributed by atoms with Crippen LogP contribution in [0.3, 0.4) is 0 Å². The molecule has 0 saturated heterocycles. The molecule has 0 saturated carbocycles. The lowest BCUT2D eigenvalue weighted by Crippen LogP contribution is -2.23. The second kappa shape index (κ2) is 12.6. The van der Waals surface area contributed by atoms with Crippen LogP contribution in [-0.2, 0) is 11.3 Å². The molecule has 0 atom stereocenters. The van der Waals surface area contributed by atoms with Gasteiger partial charge in [-0.05, 0) is 56.7 Å². The topological polar surface area (TPSA) is 193 Å². The van der Waals surface area contributed by atoms with E-state index in [1.807, 2.05) is 6.07 Å². The molecule has 0 aliphatic rings. The van der Waals surface area contributed by atoms with Crippen LogP contribution in [0.15, 0.2) is 72.8 Å². The second-order valence-corrected chi connectivity index (χ2v) is 9.89. The molecule has 0 amide bonds. The first-order valence-electron chi connectivity index (χ1n) is 12.7. The molecule has 0 unspecified atom stereocenters. The number of nitrogens with one attached hydrogen (secondary N) is 1. The molecule has 1 heterocycles. The van der Waals surface area contributed by atoms with Gasteiger partial charge in [0.1, 0.15) is 28.7 Å². The van der Waals surface area contributed by atoms with Crippen molar-refractivity contribution < 1.29 is 28.9 Å². The van der Waals surface area contributed by atoms with Gasteiger partial charge in [0.05, 0.1) is 21.5 Å². The van der Waals surface area contributed by atoms with Crippen molar-refractivity contribution in [3.8, 4) is 29.5 Å². The number of nitro groups is 2. The van der Waals surface area contributed by atoms with Gasteiger partial charge >= 0.3 is 23.5 Å². The van der Waals surface area contributed by atoms with E-state index >= 15 is 0 Å². The van der Waals surface area contributed by atoms with E-state index in [0.717, 1.165) is 17.7 Å². The van der Waals surface area contributed by atoms with Gasteiger partial charge in [0.25, 0.3) is 5.69 Å². The number of anilines is 1. The molecule has 3 aromatic carbocycles. The number of esters is 1. The highest BCUT2D eigenvalue weighted by Gasteiger charge is 2.29. The number of aromatic nitrogens is 2. The monoisotopic (exact) mass is 584 g/mol. The highest BCUT2D eigenvalue weighted by atomic mass is 16.6. The van der Waals surface area contributed by atoms with Crippen LogP contribution in [-0.4, -0.2) is 31.4 Å². The third-order valence-corrected chi connectivity index (χ3v) is 5.50. The molecule has 218 valence electrons. The predicted octanol–water partition coefficient (Wildman–Crippen LogP) is 6.32. The average molecular weight is 585 g/mol. The molecule has 1 N–H and O–H groups in total. The number of ether oxygens (including phenoxy) is 3. The largest absolute Gasteiger partial charge is 0.456 e. The van der Waals surface area contributed by atoms with Crippen LogP contribution in [0.25, 0.3) is 0 Å². The van der Waals surface area contributed by atoms with Crippen molar-refractivity contribution in [2.75, 3.05) is 5.32 Å². The number of carbonyl (C=O) groups excluding carboxylic acids is 1. The van der Waals surface area contributed by atoms with Gasteiger partial charge in [-0.15, -0.1) is 0 Å². The normalized spacial score (nSPS) is 10.7. The summed E-state index contributed by atoms with van der Waals surface area (Å²) in [6.45, 7) is 5.31. The van der Waals surface area contributed by atoms with E-state index < -0.39 is 38.7 Å². The molecule has 0 radical (unpaired) electrons. The summed E-state index contributed by atoms with van der Waals surface area (Å²) in [7, 11) is 0. The smallest absolute Gasteiger partial charge is 0.373 e. The average Bonchev–Trinajstić information content (AvgIpc) is 2.95. The van der Waals surface area contributed by atoms with Gasteiger partial charge in [0.15, 0.2) is 0 Å². The second-order valence-electron chi connectivity index (χ2n) is 9.89. The zero-order valence-corrected chi connectivity index (χ0v) is 23.1. The minimum absolute atomic E-state index is 0.117. The number of hydrogen-bond donors (Lipinski definition) is 1. The van der Waals surface area contributed by atoms with E-state index in [-0.39, 0.29) is 41.0 Å². The fourth-order valence-electron chi connectivity index (χ4n) is 3.66. The molecule has 0 aliphatic heterocycles. The molecule has 14 heteroatoms. The Kier molecular flexibility index (Phi) is 8.76. The first-order valence-corrected chi connectivity index (χ1v) is 12.7. The Labute approximate surface area is 244 Å². The van der Waals surface area contributed by atoms with Crippen LogP contribution in [0.5, 0.6) is 23.4 Å². The highest BCUT2D eigenvalue weighted by molar-refractivity contribution is 5.90. The van der Waals surface area contributed by atoms with E-state index in [1.54, 1.807) is 57.2 Å². The molecular weight excluding hydrogens is 560 g/mol. The highest BCUT2D eigenvalue weighted by Crippen LogP contribution is 2.38. The number of nitro benzene ring substituents is 1. The molecule has 4 aromatic rings. The zero-order valence-electron chi connectivity index (χ0n) is 23.1. The Hall–Kier alpha value is -6.10. The van der Waals surface area contributed by atoms with Gasteiger partial charge in [-0.1, -0.05) is 36.4 Å². The number of carbonyl (C=O) groups is 1. The van der Waals surface area contributed by atoms with Crippen LogP contribution in [0.4, 0.5) is 17.2 Å². The predicted molar refractivity (Wildman–Crippen MR) is 152 cm³/mol. The summed E-state index contributed by atoms with van der Waals surface area (Å²) < 4.78 is 16.8. The van der Waals surface area contributed by atoms with Crippen molar-refractivity contribution in [3.05, 3.63) is 110 Å². The van der Waals surface area contributed by atoms with Crippen molar-refractivity contribution in [1.29, 1.82) is 5.26 Å². The molecule has 0 aliphatic carbocycles. The molecule has 0 bridgehead atoms. The van der Waals surface area contributed by atoms with Gasteiger partial charge in [0, 0.05) is 6.54 Å². The first kappa shape index (κ1) is 29.9. The first-order chi connectivity index (χ1) is 20.4. The van der Waals surface area contributed by atoms with E-state index in [0.29, 0.717) is 0 Å². The van der Waals surface area contributed by atoms with Crippen LogP contribution in [0.2, 0.25) is 0 Å². The summed E-state index contributed by atoms with van der Waals surface area (Å²) in [5, 5.41) is 35.7.